The molecule has 2 heterocycles. The lowest BCUT2D eigenvalue weighted by molar-refractivity contribution is 0.615. The van der Waals surface area contributed by atoms with Crippen molar-refractivity contribution in [2.45, 2.75) is 13.1 Å². The molecule has 1 atom stereocenters. The smallest absolute Gasteiger partial charge is 0.123 e. The molecule has 1 unspecified atom stereocenters. The lowest BCUT2D eigenvalue weighted by atomic mass is 10.0. The van der Waals surface area contributed by atoms with Crippen LogP contribution in [0, 0.1) is 0 Å². The molecule has 2 N–H and O–H groups in total. The Labute approximate surface area is 272 Å². The number of rotatable bonds is 5. The zero-order valence-corrected chi connectivity index (χ0v) is 26.0. The first-order chi connectivity index (χ1) is 23.2. The molecule has 0 saturated heterocycles. The van der Waals surface area contributed by atoms with Gasteiger partial charge in [-0.1, -0.05) is 127 Å². The number of hydrogen-bond acceptors (Lipinski definition) is 2. The van der Waals surface area contributed by atoms with Gasteiger partial charge in [-0.3, -0.25) is 4.99 Å². The largest absolute Gasteiger partial charge is 0.398 e. The van der Waals surface area contributed by atoms with Gasteiger partial charge in [0.2, 0.25) is 0 Å². The minimum atomic E-state index is -0.265. The Morgan fingerprint density at radius 3 is 2.02 bits per heavy atom. The molecular weight excluding hydrogens is 573 g/mol. The maximum absolute atomic E-state index is 6.61. The standard InChI is InChI=1S/C43H32N4/c1-28(45-41(30-15-4-2-5-16-30)35-21-10-12-22-37(35)44)46-39-27-24-29-14-8-9-19-32(29)40(39)36-26-25-34-33-20-11-13-23-38(33)47(42(34)43(36)46)31-17-6-3-7-18-31/h2-28H,44H2,1H3. The molecule has 4 heteroatoms. The molecule has 0 amide bonds. The van der Waals surface area contributed by atoms with Gasteiger partial charge >= 0.3 is 0 Å². The number of benzene rings is 7. The van der Waals surface area contributed by atoms with Crippen LogP contribution in [0.4, 0.5) is 5.69 Å². The van der Waals surface area contributed by atoms with E-state index in [0.29, 0.717) is 5.69 Å². The predicted octanol–water partition coefficient (Wildman–Crippen LogP) is 10.7. The van der Waals surface area contributed by atoms with Gasteiger partial charge in [0, 0.05) is 44.0 Å². The summed E-state index contributed by atoms with van der Waals surface area (Å²) in [4.78, 5) is 5.55. The molecule has 0 aliphatic heterocycles. The summed E-state index contributed by atoms with van der Waals surface area (Å²) in [5.74, 6) is 0. The summed E-state index contributed by atoms with van der Waals surface area (Å²) in [6.45, 7) is 2.20. The number of nitrogen functional groups attached to an aromatic ring is 1. The fourth-order valence-electron chi connectivity index (χ4n) is 7.44. The van der Waals surface area contributed by atoms with Gasteiger partial charge in [0.05, 0.1) is 27.8 Å². The second kappa shape index (κ2) is 10.7. The van der Waals surface area contributed by atoms with E-state index < -0.39 is 0 Å². The van der Waals surface area contributed by atoms with Gasteiger partial charge in [0.15, 0.2) is 0 Å². The molecule has 4 nitrogen and oxygen atoms in total. The van der Waals surface area contributed by atoms with Gasteiger partial charge < -0.3 is 14.9 Å². The van der Waals surface area contributed by atoms with Gasteiger partial charge in [-0.05, 0) is 48.0 Å². The van der Waals surface area contributed by atoms with Crippen molar-refractivity contribution in [2.24, 2.45) is 4.99 Å². The lowest BCUT2D eigenvalue weighted by Gasteiger charge is -2.18. The Morgan fingerprint density at radius 1 is 0.553 bits per heavy atom. The highest BCUT2D eigenvalue weighted by molar-refractivity contribution is 6.28. The summed E-state index contributed by atoms with van der Waals surface area (Å²) in [5, 5.41) is 7.37. The molecule has 7 aromatic carbocycles. The molecule has 0 fully saturated rings. The number of fused-ring (bicyclic) bond motifs is 9. The molecule has 0 spiro atoms. The van der Waals surface area contributed by atoms with Gasteiger partial charge in [0.1, 0.15) is 6.17 Å². The third kappa shape index (κ3) is 4.19. The van der Waals surface area contributed by atoms with Crippen LogP contribution in [0.3, 0.4) is 0 Å². The first kappa shape index (κ1) is 27.2. The number of anilines is 1. The zero-order chi connectivity index (χ0) is 31.5. The van der Waals surface area contributed by atoms with E-state index in [1.54, 1.807) is 0 Å². The van der Waals surface area contributed by atoms with Crippen molar-refractivity contribution in [1.82, 2.24) is 9.13 Å². The van der Waals surface area contributed by atoms with E-state index in [-0.39, 0.29) is 6.17 Å². The van der Waals surface area contributed by atoms with Crippen molar-refractivity contribution < 1.29 is 0 Å². The normalized spacial score (nSPS) is 12.9. The summed E-state index contributed by atoms with van der Waals surface area (Å²) < 4.78 is 4.87. The summed E-state index contributed by atoms with van der Waals surface area (Å²) >= 11 is 0. The van der Waals surface area contributed by atoms with Crippen molar-refractivity contribution in [2.75, 3.05) is 5.73 Å². The average Bonchev–Trinajstić information content (AvgIpc) is 3.65. The number of para-hydroxylation sites is 3. The van der Waals surface area contributed by atoms with Crippen molar-refractivity contribution in [3.63, 3.8) is 0 Å². The van der Waals surface area contributed by atoms with E-state index in [4.69, 9.17) is 10.7 Å². The Hall–Kier alpha value is -6.13. The van der Waals surface area contributed by atoms with Crippen LogP contribution >= 0.6 is 0 Å². The quantitative estimate of drug-likeness (QED) is 0.154. The first-order valence-electron chi connectivity index (χ1n) is 16.1. The first-order valence-corrected chi connectivity index (χ1v) is 16.1. The third-order valence-corrected chi connectivity index (χ3v) is 9.45. The van der Waals surface area contributed by atoms with Crippen LogP contribution in [-0.2, 0) is 0 Å². The number of nitrogens with zero attached hydrogens (tertiary/aromatic N) is 3. The minimum Gasteiger partial charge on any atom is -0.398 e. The summed E-state index contributed by atoms with van der Waals surface area (Å²) in [5.41, 5.74) is 16.0. The SMILES string of the molecule is CC(N=C(c1ccccc1)c1ccccc1N)n1c2ccc3ccccc3c2c2ccc3c4ccccc4n(-c4ccccc4)c3c21. The maximum Gasteiger partial charge on any atom is 0.123 e. The Bertz CT molecular complexity index is 2640. The van der Waals surface area contributed by atoms with Crippen LogP contribution < -0.4 is 5.73 Å². The molecule has 0 bridgehead atoms. The summed E-state index contributed by atoms with van der Waals surface area (Å²) in [6, 6.07) is 55.6. The fraction of sp³-hybridized carbons (Fsp3) is 0.0465. The van der Waals surface area contributed by atoms with E-state index >= 15 is 0 Å². The van der Waals surface area contributed by atoms with E-state index in [1.165, 1.54) is 48.9 Å². The molecule has 9 aromatic rings. The fourth-order valence-corrected chi connectivity index (χ4v) is 7.44. The molecule has 0 radical (unpaired) electrons. The monoisotopic (exact) mass is 604 g/mol. The highest BCUT2D eigenvalue weighted by Crippen LogP contribution is 2.43. The molecular formula is C43H32N4. The van der Waals surface area contributed by atoms with Crippen LogP contribution in [0.5, 0.6) is 0 Å². The van der Waals surface area contributed by atoms with Gasteiger partial charge in [-0.25, -0.2) is 0 Å². The molecule has 9 rings (SSSR count). The van der Waals surface area contributed by atoms with Crippen molar-refractivity contribution >= 4 is 65.8 Å². The highest BCUT2D eigenvalue weighted by atomic mass is 15.1. The van der Waals surface area contributed by atoms with Crippen molar-refractivity contribution in [3.05, 3.63) is 169 Å². The average molecular weight is 605 g/mol. The number of hydrogen-bond donors (Lipinski definition) is 1. The number of aromatic nitrogens is 2. The second-order valence-electron chi connectivity index (χ2n) is 12.2. The third-order valence-electron chi connectivity index (χ3n) is 9.45. The summed E-state index contributed by atoms with van der Waals surface area (Å²) in [7, 11) is 0. The van der Waals surface area contributed by atoms with Crippen LogP contribution in [0.2, 0.25) is 0 Å². The van der Waals surface area contributed by atoms with Crippen LogP contribution in [0.25, 0.3) is 60.1 Å². The van der Waals surface area contributed by atoms with Gasteiger partial charge in [0.25, 0.3) is 0 Å². The van der Waals surface area contributed by atoms with E-state index in [2.05, 4.69) is 150 Å². The predicted molar refractivity (Wildman–Crippen MR) is 199 cm³/mol. The minimum absolute atomic E-state index is 0.265. The lowest BCUT2D eigenvalue weighted by Crippen LogP contribution is -2.12. The maximum atomic E-state index is 6.61. The number of aliphatic imine (C=N–C) groups is 1. The number of nitrogens with two attached hydrogens (primary N) is 1. The van der Waals surface area contributed by atoms with Gasteiger partial charge in [-0.15, -0.1) is 0 Å². The molecule has 47 heavy (non-hydrogen) atoms. The van der Waals surface area contributed by atoms with Crippen LogP contribution in [0.15, 0.2) is 163 Å². The second-order valence-corrected chi connectivity index (χ2v) is 12.2. The topological polar surface area (TPSA) is 48.2 Å². The molecule has 2 aromatic heterocycles. The van der Waals surface area contributed by atoms with Crippen LogP contribution in [-0.4, -0.2) is 14.8 Å². The Morgan fingerprint density at radius 2 is 1.21 bits per heavy atom. The Balaban J connectivity index is 1.46. The van der Waals surface area contributed by atoms with E-state index in [0.717, 1.165) is 28.0 Å². The van der Waals surface area contributed by atoms with Crippen molar-refractivity contribution in [1.29, 1.82) is 0 Å². The van der Waals surface area contributed by atoms with Crippen LogP contribution in [0.1, 0.15) is 24.2 Å². The molecule has 0 aliphatic carbocycles. The van der Waals surface area contributed by atoms with Crippen molar-refractivity contribution in [3.8, 4) is 5.69 Å². The summed E-state index contributed by atoms with van der Waals surface area (Å²) in [6.07, 6.45) is -0.265. The Kier molecular flexibility index (Phi) is 6.22. The molecule has 224 valence electrons. The van der Waals surface area contributed by atoms with Gasteiger partial charge in [-0.2, -0.15) is 0 Å². The molecule has 0 aliphatic rings. The van der Waals surface area contributed by atoms with E-state index in [1.807, 2.05) is 24.3 Å². The van der Waals surface area contributed by atoms with E-state index in [9.17, 15) is 0 Å². The highest BCUT2D eigenvalue weighted by Gasteiger charge is 2.24. The zero-order valence-electron chi connectivity index (χ0n) is 26.0. The molecule has 0 saturated carbocycles.